The highest BCUT2D eigenvalue weighted by molar-refractivity contribution is 9.10. The fourth-order valence-corrected chi connectivity index (χ4v) is 2.20. The molecular weight excluding hydrogens is 320 g/mol. The van der Waals surface area contributed by atoms with Gasteiger partial charge in [0, 0.05) is 22.4 Å². The predicted octanol–water partition coefficient (Wildman–Crippen LogP) is 2.66. The molecule has 0 saturated heterocycles. The van der Waals surface area contributed by atoms with Gasteiger partial charge in [0.1, 0.15) is 5.69 Å². The summed E-state index contributed by atoms with van der Waals surface area (Å²) < 4.78 is 2.27. The zero-order valence-electron chi connectivity index (χ0n) is 10.3. The van der Waals surface area contributed by atoms with Gasteiger partial charge in [-0.2, -0.15) is 0 Å². The Balaban J connectivity index is 2.04. The maximum absolute atomic E-state index is 12.5. The summed E-state index contributed by atoms with van der Waals surface area (Å²) in [5.74, 6) is -0.173. The molecule has 0 N–H and O–H groups in total. The zero-order valence-corrected chi connectivity index (χ0v) is 11.9. The maximum atomic E-state index is 12.5. The van der Waals surface area contributed by atoms with Gasteiger partial charge in [-0.3, -0.25) is 9.78 Å². The number of rotatable bonds is 3. The van der Waals surface area contributed by atoms with Crippen LogP contribution in [0.15, 0.2) is 59.5 Å². The van der Waals surface area contributed by atoms with Crippen LogP contribution in [0.3, 0.4) is 0 Å². The molecule has 2 heterocycles. The van der Waals surface area contributed by atoms with E-state index in [-0.39, 0.29) is 5.78 Å². The molecule has 5 nitrogen and oxygen atoms in total. The molecule has 0 spiro atoms. The lowest BCUT2D eigenvalue weighted by molar-refractivity contribution is 0.103. The predicted molar refractivity (Wildman–Crippen MR) is 76.7 cm³/mol. The van der Waals surface area contributed by atoms with Crippen LogP contribution in [0.2, 0.25) is 0 Å². The summed E-state index contributed by atoms with van der Waals surface area (Å²) in [5, 5.41) is 7.80. The molecule has 0 aliphatic heterocycles. The molecule has 3 rings (SSSR count). The SMILES string of the molecule is O=C(c1cncc(Br)c1)c1cnnn1-c1ccccc1. The van der Waals surface area contributed by atoms with Gasteiger partial charge in [0.05, 0.1) is 11.9 Å². The van der Waals surface area contributed by atoms with Crippen LogP contribution in [0.5, 0.6) is 0 Å². The molecule has 0 aliphatic rings. The molecule has 1 aromatic carbocycles. The Kier molecular flexibility index (Phi) is 3.39. The standard InChI is InChI=1S/C14H9BrN4O/c15-11-6-10(7-16-8-11)14(20)13-9-17-18-19(13)12-4-2-1-3-5-12/h1-9H. The Hall–Kier alpha value is -2.34. The molecule has 0 fully saturated rings. The summed E-state index contributed by atoms with van der Waals surface area (Å²) in [6.07, 6.45) is 4.61. The summed E-state index contributed by atoms with van der Waals surface area (Å²) in [6.45, 7) is 0. The number of pyridine rings is 1. The molecule has 0 aliphatic carbocycles. The van der Waals surface area contributed by atoms with Crippen molar-refractivity contribution >= 4 is 21.7 Å². The molecule has 0 bridgehead atoms. The van der Waals surface area contributed by atoms with E-state index >= 15 is 0 Å². The minimum absolute atomic E-state index is 0.173. The number of aromatic nitrogens is 4. The van der Waals surface area contributed by atoms with Crippen molar-refractivity contribution in [3.8, 4) is 5.69 Å². The van der Waals surface area contributed by atoms with E-state index in [9.17, 15) is 4.79 Å². The Bertz CT molecular complexity index is 755. The molecule has 20 heavy (non-hydrogen) atoms. The van der Waals surface area contributed by atoms with Crippen molar-refractivity contribution in [2.24, 2.45) is 0 Å². The van der Waals surface area contributed by atoms with Gasteiger partial charge >= 0.3 is 0 Å². The van der Waals surface area contributed by atoms with E-state index < -0.39 is 0 Å². The first-order chi connectivity index (χ1) is 9.75. The van der Waals surface area contributed by atoms with Crippen molar-refractivity contribution in [2.45, 2.75) is 0 Å². The Labute approximate surface area is 123 Å². The minimum atomic E-state index is -0.173. The number of hydrogen-bond donors (Lipinski definition) is 0. The highest BCUT2D eigenvalue weighted by Crippen LogP contribution is 2.15. The lowest BCUT2D eigenvalue weighted by atomic mass is 10.1. The van der Waals surface area contributed by atoms with Gasteiger partial charge in [-0.1, -0.05) is 23.4 Å². The van der Waals surface area contributed by atoms with E-state index in [1.165, 1.54) is 17.1 Å². The summed E-state index contributed by atoms with van der Waals surface area (Å²) in [7, 11) is 0. The van der Waals surface area contributed by atoms with E-state index in [1.54, 1.807) is 12.3 Å². The Morgan fingerprint density at radius 1 is 1.10 bits per heavy atom. The lowest BCUT2D eigenvalue weighted by Crippen LogP contribution is -2.10. The quantitative estimate of drug-likeness (QED) is 0.693. The van der Waals surface area contributed by atoms with Gasteiger partial charge in [-0.05, 0) is 34.1 Å². The van der Waals surface area contributed by atoms with Crippen molar-refractivity contribution in [2.75, 3.05) is 0 Å². The average Bonchev–Trinajstić information content (AvgIpc) is 2.97. The largest absolute Gasteiger partial charge is 0.287 e. The minimum Gasteiger partial charge on any atom is -0.287 e. The third-order valence-electron chi connectivity index (χ3n) is 2.75. The monoisotopic (exact) mass is 328 g/mol. The van der Waals surface area contributed by atoms with Crippen LogP contribution >= 0.6 is 15.9 Å². The van der Waals surface area contributed by atoms with Crippen molar-refractivity contribution < 1.29 is 4.79 Å². The molecule has 0 amide bonds. The molecule has 98 valence electrons. The third-order valence-corrected chi connectivity index (χ3v) is 3.18. The summed E-state index contributed by atoms with van der Waals surface area (Å²) in [5.41, 5.74) is 1.67. The van der Waals surface area contributed by atoms with Crippen LogP contribution in [0, 0.1) is 0 Å². The van der Waals surface area contributed by atoms with Crippen LogP contribution in [0.25, 0.3) is 5.69 Å². The average molecular weight is 329 g/mol. The topological polar surface area (TPSA) is 60.7 Å². The first-order valence-corrected chi connectivity index (χ1v) is 6.66. The summed E-state index contributed by atoms with van der Waals surface area (Å²) >= 11 is 3.30. The fraction of sp³-hybridized carbons (Fsp3) is 0. The lowest BCUT2D eigenvalue weighted by Gasteiger charge is -2.05. The number of carbonyl (C=O) groups is 1. The van der Waals surface area contributed by atoms with E-state index in [0.29, 0.717) is 11.3 Å². The smallest absolute Gasteiger partial charge is 0.214 e. The number of benzene rings is 1. The molecular formula is C14H9BrN4O. The van der Waals surface area contributed by atoms with E-state index in [1.807, 2.05) is 30.3 Å². The number of hydrogen-bond acceptors (Lipinski definition) is 4. The van der Waals surface area contributed by atoms with Gasteiger partial charge in [0.2, 0.25) is 5.78 Å². The van der Waals surface area contributed by atoms with Crippen LogP contribution in [0.4, 0.5) is 0 Å². The Morgan fingerprint density at radius 3 is 2.65 bits per heavy atom. The van der Waals surface area contributed by atoms with Crippen LogP contribution in [-0.4, -0.2) is 25.8 Å². The summed E-state index contributed by atoms with van der Waals surface area (Å²) in [4.78, 5) is 16.5. The third kappa shape index (κ3) is 2.37. The number of para-hydroxylation sites is 1. The zero-order chi connectivity index (χ0) is 13.9. The van der Waals surface area contributed by atoms with Crippen molar-refractivity contribution in [1.29, 1.82) is 0 Å². The fourth-order valence-electron chi connectivity index (χ4n) is 1.83. The molecule has 0 radical (unpaired) electrons. The second kappa shape index (κ2) is 5.34. The molecule has 0 saturated carbocycles. The highest BCUT2D eigenvalue weighted by atomic mass is 79.9. The first kappa shape index (κ1) is 12.7. The van der Waals surface area contributed by atoms with Gasteiger partial charge in [-0.15, -0.1) is 5.10 Å². The number of nitrogens with zero attached hydrogens (tertiary/aromatic N) is 4. The van der Waals surface area contributed by atoms with Gasteiger partial charge in [0.15, 0.2) is 0 Å². The molecule has 0 unspecified atom stereocenters. The van der Waals surface area contributed by atoms with Crippen molar-refractivity contribution in [1.82, 2.24) is 20.0 Å². The van der Waals surface area contributed by atoms with Gasteiger partial charge in [-0.25, -0.2) is 4.68 Å². The van der Waals surface area contributed by atoms with Crippen LogP contribution in [0.1, 0.15) is 16.1 Å². The molecule has 3 aromatic rings. The normalized spacial score (nSPS) is 10.4. The Morgan fingerprint density at radius 2 is 1.90 bits per heavy atom. The highest BCUT2D eigenvalue weighted by Gasteiger charge is 2.17. The number of halogens is 1. The van der Waals surface area contributed by atoms with Gasteiger partial charge < -0.3 is 0 Å². The first-order valence-electron chi connectivity index (χ1n) is 5.87. The molecule has 2 aromatic heterocycles. The van der Waals surface area contributed by atoms with Crippen molar-refractivity contribution in [3.63, 3.8) is 0 Å². The van der Waals surface area contributed by atoms with E-state index in [0.717, 1.165) is 10.2 Å². The second-order valence-corrected chi connectivity index (χ2v) is 5.00. The second-order valence-electron chi connectivity index (χ2n) is 4.09. The van der Waals surface area contributed by atoms with Crippen molar-refractivity contribution in [3.05, 3.63) is 70.7 Å². The molecule has 6 heteroatoms. The number of ketones is 1. The molecule has 0 atom stereocenters. The van der Waals surface area contributed by atoms with E-state index in [2.05, 4.69) is 31.2 Å². The maximum Gasteiger partial charge on any atom is 0.214 e. The summed E-state index contributed by atoms with van der Waals surface area (Å²) in [6, 6.07) is 11.1. The van der Waals surface area contributed by atoms with Crippen LogP contribution < -0.4 is 0 Å². The number of carbonyl (C=O) groups excluding carboxylic acids is 1. The van der Waals surface area contributed by atoms with Crippen LogP contribution in [-0.2, 0) is 0 Å². The van der Waals surface area contributed by atoms with E-state index in [4.69, 9.17) is 0 Å². The van der Waals surface area contributed by atoms with Gasteiger partial charge in [0.25, 0.3) is 0 Å².